The highest BCUT2D eigenvalue weighted by Crippen LogP contribution is 2.28. The molecule has 14 heavy (non-hydrogen) atoms. The van der Waals surface area contributed by atoms with Crippen LogP contribution in [-0.4, -0.2) is 0 Å². The SMILES string of the molecule is C=CC(N)c1oc2ccccc2c1C. The molecule has 0 aliphatic heterocycles. The number of furan rings is 1. The van der Waals surface area contributed by atoms with E-state index < -0.39 is 0 Å². The molecule has 0 aliphatic carbocycles. The number of nitrogens with two attached hydrogens (primary N) is 1. The molecule has 1 unspecified atom stereocenters. The van der Waals surface area contributed by atoms with E-state index in [1.54, 1.807) is 6.08 Å². The number of para-hydroxylation sites is 1. The molecule has 72 valence electrons. The topological polar surface area (TPSA) is 39.2 Å². The molecule has 1 atom stereocenters. The van der Waals surface area contributed by atoms with Crippen LogP contribution in [-0.2, 0) is 0 Å². The molecule has 1 aromatic heterocycles. The maximum absolute atomic E-state index is 5.85. The lowest BCUT2D eigenvalue weighted by atomic mass is 10.1. The molecule has 0 radical (unpaired) electrons. The van der Waals surface area contributed by atoms with Gasteiger partial charge in [0.15, 0.2) is 0 Å². The van der Waals surface area contributed by atoms with Crippen molar-refractivity contribution in [3.8, 4) is 0 Å². The summed E-state index contributed by atoms with van der Waals surface area (Å²) in [5.41, 5.74) is 7.84. The average molecular weight is 187 g/mol. The second kappa shape index (κ2) is 3.31. The highest BCUT2D eigenvalue weighted by Gasteiger charge is 2.13. The third-order valence-electron chi connectivity index (χ3n) is 2.44. The molecule has 0 saturated heterocycles. The van der Waals surface area contributed by atoms with Crippen LogP contribution in [0, 0.1) is 6.92 Å². The van der Waals surface area contributed by atoms with E-state index in [-0.39, 0.29) is 6.04 Å². The van der Waals surface area contributed by atoms with E-state index in [2.05, 4.69) is 6.58 Å². The maximum atomic E-state index is 5.85. The van der Waals surface area contributed by atoms with Crippen LogP contribution in [0.5, 0.6) is 0 Å². The van der Waals surface area contributed by atoms with E-state index in [0.717, 1.165) is 22.3 Å². The first-order valence-electron chi connectivity index (χ1n) is 4.60. The first-order valence-corrected chi connectivity index (χ1v) is 4.60. The Balaban J connectivity index is 2.68. The van der Waals surface area contributed by atoms with Crippen molar-refractivity contribution in [2.75, 3.05) is 0 Å². The van der Waals surface area contributed by atoms with Crippen LogP contribution >= 0.6 is 0 Å². The quantitative estimate of drug-likeness (QED) is 0.734. The average Bonchev–Trinajstić information content (AvgIpc) is 2.56. The van der Waals surface area contributed by atoms with Gasteiger partial charge < -0.3 is 10.2 Å². The molecule has 2 rings (SSSR count). The number of hydrogen-bond acceptors (Lipinski definition) is 2. The molecular weight excluding hydrogens is 174 g/mol. The minimum Gasteiger partial charge on any atom is -0.459 e. The van der Waals surface area contributed by atoms with Crippen molar-refractivity contribution in [3.63, 3.8) is 0 Å². The van der Waals surface area contributed by atoms with Gasteiger partial charge in [-0.25, -0.2) is 0 Å². The summed E-state index contributed by atoms with van der Waals surface area (Å²) < 4.78 is 5.66. The Labute approximate surface area is 83.0 Å². The molecule has 2 aromatic rings. The molecule has 0 saturated carbocycles. The van der Waals surface area contributed by atoms with Gasteiger partial charge in [0.05, 0.1) is 6.04 Å². The molecule has 1 aromatic carbocycles. The largest absolute Gasteiger partial charge is 0.459 e. The number of fused-ring (bicyclic) bond motifs is 1. The fourth-order valence-electron chi connectivity index (χ4n) is 1.62. The number of aryl methyl sites for hydroxylation is 1. The molecule has 0 aliphatic rings. The van der Waals surface area contributed by atoms with Crippen molar-refractivity contribution in [1.82, 2.24) is 0 Å². The van der Waals surface area contributed by atoms with Crippen molar-refractivity contribution in [1.29, 1.82) is 0 Å². The van der Waals surface area contributed by atoms with E-state index in [0.29, 0.717) is 0 Å². The predicted molar refractivity (Wildman–Crippen MR) is 58.1 cm³/mol. The summed E-state index contributed by atoms with van der Waals surface area (Å²) in [5.74, 6) is 0.807. The van der Waals surface area contributed by atoms with Crippen LogP contribution in [0.25, 0.3) is 11.0 Å². The van der Waals surface area contributed by atoms with Crippen molar-refractivity contribution < 1.29 is 4.42 Å². The molecule has 0 spiro atoms. The van der Waals surface area contributed by atoms with Crippen LogP contribution in [0.1, 0.15) is 17.4 Å². The Morgan fingerprint density at radius 2 is 2.14 bits per heavy atom. The fraction of sp³-hybridized carbons (Fsp3) is 0.167. The number of hydrogen-bond donors (Lipinski definition) is 1. The summed E-state index contributed by atoms with van der Waals surface area (Å²) in [5, 5.41) is 1.12. The van der Waals surface area contributed by atoms with E-state index in [9.17, 15) is 0 Å². The minimum atomic E-state index is -0.220. The Morgan fingerprint density at radius 3 is 2.79 bits per heavy atom. The Morgan fingerprint density at radius 1 is 1.43 bits per heavy atom. The van der Waals surface area contributed by atoms with Gasteiger partial charge in [0.25, 0.3) is 0 Å². The highest BCUT2D eigenvalue weighted by molar-refractivity contribution is 5.82. The molecule has 1 heterocycles. The summed E-state index contributed by atoms with van der Waals surface area (Å²) in [7, 11) is 0. The first-order chi connectivity index (χ1) is 6.74. The van der Waals surface area contributed by atoms with Gasteiger partial charge >= 0.3 is 0 Å². The van der Waals surface area contributed by atoms with Crippen molar-refractivity contribution in [3.05, 3.63) is 48.2 Å². The smallest absolute Gasteiger partial charge is 0.134 e. The zero-order valence-electron chi connectivity index (χ0n) is 8.16. The van der Waals surface area contributed by atoms with Gasteiger partial charge in [0.1, 0.15) is 11.3 Å². The molecule has 0 bridgehead atoms. The lowest BCUT2D eigenvalue weighted by molar-refractivity contribution is 0.526. The second-order valence-corrected chi connectivity index (χ2v) is 3.35. The second-order valence-electron chi connectivity index (χ2n) is 3.35. The van der Waals surface area contributed by atoms with Gasteiger partial charge in [-0.1, -0.05) is 24.3 Å². The van der Waals surface area contributed by atoms with Gasteiger partial charge in [0, 0.05) is 10.9 Å². The van der Waals surface area contributed by atoms with Gasteiger partial charge in [-0.2, -0.15) is 0 Å². The zero-order valence-corrected chi connectivity index (χ0v) is 8.16. The fourth-order valence-corrected chi connectivity index (χ4v) is 1.62. The highest BCUT2D eigenvalue weighted by atomic mass is 16.3. The Bertz CT molecular complexity index is 470. The lowest BCUT2D eigenvalue weighted by Crippen LogP contribution is -2.06. The van der Waals surface area contributed by atoms with Crippen molar-refractivity contribution in [2.24, 2.45) is 5.73 Å². The monoisotopic (exact) mass is 187 g/mol. The van der Waals surface area contributed by atoms with E-state index in [1.165, 1.54) is 0 Å². The van der Waals surface area contributed by atoms with Gasteiger partial charge in [-0.05, 0) is 13.0 Å². The Hall–Kier alpha value is -1.54. The molecule has 2 nitrogen and oxygen atoms in total. The molecule has 2 heteroatoms. The molecule has 2 N–H and O–H groups in total. The maximum Gasteiger partial charge on any atom is 0.134 e. The van der Waals surface area contributed by atoms with Crippen LogP contribution in [0.3, 0.4) is 0 Å². The van der Waals surface area contributed by atoms with Gasteiger partial charge in [0.2, 0.25) is 0 Å². The standard InChI is InChI=1S/C12H13NO/c1-3-10(13)12-8(2)9-6-4-5-7-11(9)14-12/h3-7,10H,1,13H2,2H3. The van der Waals surface area contributed by atoms with Crippen LogP contribution in [0.2, 0.25) is 0 Å². The molecular formula is C12H13NO. The van der Waals surface area contributed by atoms with E-state index >= 15 is 0 Å². The van der Waals surface area contributed by atoms with Crippen molar-refractivity contribution in [2.45, 2.75) is 13.0 Å². The lowest BCUT2D eigenvalue weighted by Gasteiger charge is -2.01. The minimum absolute atomic E-state index is 0.220. The van der Waals surface area contributed by atoms with Gasteiger partial charge in [-0.3, -0.25) is 0 Å². The number of benzene rings is 1. The van der Waals surface area contributed by atoms with Crippen LogP contribution in [0.4, 0.5) is 0 Å². The third-order valence-corrected chi connectivity index (χ3v) is 2.44. The summed E-state index contributed by atoms with van der Waals surface area (Å²) >= 11 is 0. The first kappa shape index (κ1) is 9.03. The van der Waals surface area contributed by atoms with Crippen LogP contribution in [0.15, 0.2) is 41.3 Å². The summed E-state index contributed by atoms with van der Waals surface area (Å²) in [6, 6.07) is 7.71. The van der Waals surface area contributed by atoms with Crippen molar-refractivity contribution >= 4 is 11.0 Å². The van der Waals surface area contributed by atoms with E-state index in [4.69, 9.17) is 10.2 Å². The Kier molecular flexibility index (Phi) is 2.14. The normalized spacial score (nSPS) is 13.0. The summed E-state index contributed by atoms with van der Waals surface area (Å²) in [6.07, 6.45) is 1.69. The van der Waals surface area contributed by atoms with Gasteiger partial charge in [-0.15, -0.1) is 6.58 Å². The van der Waals surface area contributed by atoms with Crippen LogP contribution < -0.4 is 5.73 Å². The molecule has 0 fully saturated rings. The predicted octanol–water partition coefficient (Wildman–Crippen LogP) is 2.93. The van der Waals surface area contributed by atoms with E-state index in [1.807, 2.05) is 31.2 Å². The third kappa shape index (κ3) is 1.24. The summed E-state index contributed by atoms with van der Waals surface area (Å²) in [4.78, 5) is 0. The summed E-state index contributed by atoms with van der Waals surface area (Å²) in [6.45, 7) is 5.68. The number of rotatable bonds is 2. The molecule has 0 amide bonds. The zero-order chi connectivity index (χ0) is 10.1.